The molecule has 0 atom stereocenters. The standard InChI is InChI=1S/C9H13NO2/c1-10-7-9(11,12)8-5-3-2-4-6-8/h2-6,10-12H,7H2,1H3. The smallest absolute Gasteiger partial charge is 0.202 e. The summed E-state index contributed by atoms with van der Waals surface area (Å²) < 4.78 is 0. The molecule has 0 amide bonds. The predicted molar refractivity (Wildman–Crippen MR) is 46.5 cm³/mol. The normalized spacial score (nSPS) is 11.6. The zero-order valence-electron chi connectivity index (χ0n) is 6.99. The maximum Gasteiger partial charge on any atom is 0.202 e. The second-order valence-electron chi connectivity index (χ2n) is 2.71. The van der Waals surface area contributed by atoms with Crippen LogP contribution >= 0.6 is 0 Å². The van der Waals surface area contributed by atoms with Crippen molar-refractivity contribution in [1.29, 1.82) is 0 Å². The average molecular weight is 167 g/mol. The maximum atomic E-state index is 9.48. The summed E-state index contributed by atoms with van der Waals surface area (Å²) in [6.45, 7) is 0.122. The third kappa shape index (κ3) is 2.04. The number of hydrogen-bond donors (Lipinski definition) is 3. The highest BCUT2D eigenvalue weighted by Gasteiger charge is 2.23. The number of benzene rings is 1. The van der Waals surface area contributed by atoms with Crippen molar-refractivity contribution in [1.82, 2.24) is 5.32 Å². The molecule has 1 aromatic rings. The van der Waals surface area contributed by atoms with Crippen molar-refractivity contribution >= 4 is 0 Å². The van der Waals surface area contributed by atoms with E-state index in [4.69, 9.17) is 0 Å². The second kappa shape index (κ2) is 3.67. The van der Waals surface area contributed by atoms with E-state index in [1.54, 1.807) is 31.3 Å². The van der Waals surface area contributed by atoms with E-state index in [2.05, 4.69) is 5.32 Å². The minimum atomic E-state index is -1.77. The lowest BCUT2D eigenvalue weighted by Crippen LogP contribution is -2.36. The molecular formula is C9H13NO2. The summed E-state index contributed by atoms with van der Waals surface area (Å²) in [5.41, 5.74) is 0.499. The van der Waals surface area contributed by atoms with Crippen molar-refractivity contribution in [2.24, 2.45) is 0 Å². The van der Waals surface area contributed by atoms with E-state index < -0.39 is 5.79 Å². The highest BCUT2D eigenvalue weighted by molar-refractivity contribution is 5.19. The van der Waals surface area contributed by atoms with Crippen LogP contribution in [-0.2, 0) is 5.79 Å². The van der Waals surface area contributed by atoms with Crippen LogP contribution in [0.5, 0.6) is 0 Å². The summed E-state index contributed by atoms with van der Waals surface area (Å²) >= 11 is 0. The van der Waals surface area contributed by atoms with Gasteiger partial charge in [0.25, 0.3) is 0 Å². The van der Waals surface area contributed by atoms with Gasteiger partial charge in [0.15, 0.2) is 0 Å². The Labute approximate surface area is 71.7 Å². The minimum Gasteiger partial charge on any atom is -0.361 e. The molecule has 0 heterocycles. The molecule has 0 bridgehead atoms. The summed E-state index contributed by atoms with van der Waals surface area (Å²) in [4.78, 5) is 0. The molecule has 0 aromatic heterocycles. The molecule has 1 aromatic carbocycles. The molecule has 0 aliphatic carbocycles. The Morgan fingerprint density at radius 3 is 2.33 bits per heavy atom. The van der Waals surface area contributed by atoms with Gasteiger partial charge in [-0.1, -0.05) is 30.3 Å². The van der Waals surface area contributed by atoms with Crippen LogP contribution in [0.3, 0.4) is 0 Å². The lowest BCUT2D eigenvalue weighted by Gasteiger charge is -2.21. The van der Waals surface area contributed by atoms with Crippen molar-refractivity contribution < 1.29 is 10.2 Å². The second-order valence-corrected chi connectivity index (χ2v) is 2.71. The lowest BCUT2D eigenvalue weighted by molar-refractivity contribution is -0.164. The van der Waals surface area contributed by atoms with Crippen LogP contribution < -0.4 is 5.32 Å². The zero-order valence-corrected chi connectivity index (χ0v) is 6.99. The van der Waals surface area contributed by atoms with E-state index in [9.17, 15) is 10.2 Å². The first kappa shape index (κ1) is 9.19. The monoisotopic (exact) mass is 167 g/mol. The molecule has 0 fully saturated rings. The van der Waals surface area contributed by atoms with Crippen LogP contribution in [0.15, 0.2) is 30.3 Å². The van der Waals surface area contributed by atoms with Gasteiger partial charge in [-0.2, -0.15) is 0 Å². The fourth-order valence-corrected chi connectivity index (χ4v) is 1.05. The van der Waals surface area contributed by atoms with Gasteiger partial charge in [0, 0.05) is 5.56 Å². The van der Waals surface area contributed by atoms with Gasteiger partial charge < -0.3 is 15.5 Å². The van der Waals surface area contributed by atoms with Crippen molar-refractivity contribution in [3.8, 4) is 0 Å². The van der Waals surface area contributed by atoms with Gasteiger partial charge in [-0.25, -0.2) is 0 Å². The summed E-state index contributed by atoms with van der Waals surface area (Å²) in [6, 6.07) is 8.73. The summed E-state index contributed by atoms with van der Waals surface area (Å²) in [5.74, 6) is -1.77. The Morgan fingerprint density at radius 2 is 1.83 bits per heavy atom. The third-order valence-corrected chi connectivity index (χ3v) is 1.66. The van der Waals surface area contributed by atoms with Crippen molar-refractivity contribution in [2.45, 2.75) is 5.79 Å². The lowest BCUT2D eigenvalue weighted by atomic mass is 10.1. The number of nitrogens with one attached hydrogen (secondary N) is 1. The van der Waals surface area contributed by atoms with Gasteiger partial charge in [0.2, 0.25) is 5.79 Å². The quantitative estimate of drug-likeness (QED) is 0.557. The molecule has 0 unspecified atom stereocenters. The van der Waals surface area contributed by atoms with E-state index in [1.807, 2.05) is 6.07 Å². The first-order valence-corrected chi connectivity index (χ1v) is 3.82. The number of aliphatic hydroxyl groups is 2. The topological polar surface area (TPSA) is 52.5 Å². The predicted octanol–water partition coefficient (Wildman–Crippen LogP) is 0.0434. The van der Waals surface area contributed by atoms with E-state index in [-0.39, 0.29) is 6.54 Å². The summed E-state index contributed by atoms with van der Waals surface area (Å²) in [7, 11) is 1.67. The molecule has 66 valence electrons. The molecule has 0 radical (unpaired) electrons. The molecule has 0 aliphatic rings. The van der Waals surface area contributed by atoms with Gasteiger partial charge >= 0.3 is 0 Å². The van der Waals surface area contributed by atoms with Crippen molar-refractivity contribution in [3.63, 3.8) is 0 Å². The Kier molecular flexibility index (Phi) is 2.81. The first-order valence-electron chi connectivity index (χ1n) is 3.82. The molecule has 0 spiro atoms. The van der Waals surface area contributed by atoms with Gasteiger partial charge in [-0.3, -0.25) is 0 Å². The summed E-state index contributed by atoms with van der Waals surface area (Å²) in [5, 5.41) is 21.7. The van der Waals surface area contributed by atoms with E-state index in [0.717, 1.165) is 0 Å². The van der Waals surface area contributed by atoms with Gasteiger partial charge in [0.1, 0.15) is 0 Å². The van der Waals surface area contributed by atoms with Gasteiger partial charge in [-0.15, -0.1) is 0 Å². The third-order valence-electron chi connectivity index (χ3n) is 1.66. The van der Waals surface area contributed by atoms with Gasteiger partial charge in [0.05, 0.1) is 6.54 Å². The van der Waals surface area contributed by atoms with Crippen molar-refractivity contribution in [2.75, 3.05) is 13.6 Å². The van der Waals surface area contributed by atoms with Gasteiger partial charge in [-0.05, 0) is 7.05 Å². The zero-order chi connectivity index (χ0) is 9.03. The largest absolute Gasteiger partial charge is 0.361 e. The number of rotatable bonds is 3. The Bertz CT molecular complexity index is 234. The number of hydrogen-bond acceptors (Lipinski definition) is 3. The van der Waals surface area contributed by atoms with Crippen LogP contribution in [0.1, 0.15) is 5.56 Å². The number of likely N-dealkylation sites (N-methyl/N-ethyl adjacent to an activating group) is 1. The van der Waals surface area contributed by atoms with Crippen LogP contribution in [0.2, 0.25) is 0 Å². The fourth-order valence-electron chi connectivity index (χ4n) is 1.05. The Morgan fingerprint density at radius 1 is 1.25 bits per heavy atom. The molecule has 3 N–H and O–H groups in total. The van der Waals surface area contributed by atoms with E-state index in [0.29, 0.717) is 5.56 Å². The fraction of sp³-hybridized carbons (Fsp3) is 0.333. The molecular weight excluding hydrogens is 154 g/mol. The molecule has 12 heavy (non-hydrogen) atoms. The Hall–Kier alpha value is -0.900. The van der Waals surface area contributed by atoms with E-state index in [1.165, 1.54) is 0 Å². The maximum absolute atomic E-state index is 9.48. The molecule has 0 saturated heterocycles. The molecule has 0 saturated carbocycles. The summed E-state index contributed by atoms with van der Waals surface area (Å²) in [6.07, 6.45) is 0. The Balaban J connectivity index is 2.82. The SMILES string of the molecule is CNCC(O)(O)c1ccccc1. The van der Waals surface area contributed by atoms with Crippen LogP contribution in [0.25, 0.3) is 0 Å². The molecule has 1 rings (SSSR count). The highest BCUT2D eigenvalue weighted by atomic mass is 16.5. The van der Waals surface area contributed by atoms with Crippen LogP contribution in [-0.4, -0.2) is 23.8 Å². The van der Waals surface area contributed by atoms with Crippen LogP contribution in [0.4, 0.5) is 0 Å². The molecule has 3 heteroatoms. The molecule has 3 nitrogen and oxygen atoms in total. The van der Waals surface area contributed by atoms with Crippen LogP contribution in [0, 0.1) is 0 Å². The first-order chi connectivity index (χ1) is 5.67. The van der Waals surface area contributed by atoms with E-state index >= 15 is 0 Å². The average Bonchev–Trinajstić information content (AvgIpc) is 2.06. The highest BCUT2D eigenvalue weighted by Crippen LogP contribution is 2.15. The van der Waals surface area contributed by atoms with Crippen molar-refractivity contribution in [3.05, 3.63) is 35.9 Å². The molecule has 0 aliphatic heterocycles. The minimum absolute atomic E-state index is 0.122.